The van der Waals surface area contributed by atoms with Crippen molar-refractivity contribution in [2.45, 2.75) is 31.6 Å². The second-order valence-corrected chi connectivity index (χ2v) is 9.85. The van der Waals surface area contributed by atoms with Crippen molar-refractivity contribution in [3.05, 3.63) is 84.4 Å². The summed E-state index contributed by atoms with van der Waals surface area (Å²) in [5, 5.41) is 2.80. The minimum absolute atomic E-state index is 0.218. The normalized spacial score (nSPS) is 11.3. The van der Waals surface area contributed by atoms with Crippen molar-refractivity contribution in [2.24, 2.45) is 0 Å². The number of para-hydroxylation sites is 1. The van der Waals surface area contributed by atoms with E-state index in [2.05, 4.69) is 5.32 Å². The van der Waals surface area contributed by atoms with Crippen LogP contribution in [0.1, 0.15) is 37.0 Å². The van der Waals surface area contributed by atoms with Crippen LogP contribution in [0.5, 0.6) is 11.5 Å². The van der Waals surface area contributed by atoms with Gasteiger partial charge < -0.3 is 14.8 Å². The number of rotatable bonds is 13. The van der Waals surface area contributed by atoms with E-state index in [4.69, 9.17) is 9.47 Å². The fourth-order valence-corrected chi connectivity index (χ4v) is 5.08. The van der Waals surface area contributed by atoms with Crippen molar-refractivity contribution < 1.29 is 22.7 Å². The summed E-state index contributed by atoms with van der Waals surface area (Å²) in [6.07, 6.45) is 1.50. The molecule has 7 nitrogen and oxygen atoms in total. The molecule has 0 bridgehead atoms. The Balaban J connectivity index is 1.52. The number of sulfonamides is 1. The summed E-state index contributed by atoms with van der Waals surface area (Å²) in [5.41, 5.74) is 0.983. The number of hydrogen-bond acceptors (Lipinski definition) is 5. The van der Waals surface area contributed by atoms with Crippen molar-refractivity contribution in [1.82, 2.24) is 4.31 Å². The van der Waals surface area contributed by atoms with Crippen LogP contribution in [0.25, 0.3) is 0 Å². The highest BCUT2D eigenvalue weighted by Crippen LogP contribution is 2.20. The van der Waals surface area contributed by atoms with Crippen molar-refractivity contribution in [1.29, 1.82) is 0 Å². The number of hydrogen-bond donors (Lipinski definition) is 1. The highest BCUT2D eigenvalue weighted by molar-refractivity contribution is 7.89. The Morgan fingerprint density at radius 3 is 1.86 bits per heavy atom. The number of benzene rings is 3. The predicted octanol–water partition coefficient (Wildman–Crippen LogP) is 5.21. The smallest absolute Gasteiger partial charge is 0.255 e. The fourth-order valence-electron chi connectivity index (χ4n) is 3.45. The van der Waals surface area contributed by atoms with Crippen molar-refractivity contribution in [3.8, 4) is 11.5 Å². The molecule has 3 aromatic carbocycles. The predicted molar refractivity (Wildman–Crippen MR) is 138 cm³/mol. The van der Waals surface area contributed by atoms with Gasteiger partial charge >= 0.3 is 0 Å². The zero-order chi connectivity index (χ0) is 25.1. The second kappa shape index (κ2) is 12.9. The SMILES string of the molecule is CCCN(CCC)S(=O)(=O)c1ccc(NC(=O)c2ccc(OCCOc3ccccc3)cc2)cc1. The van der Waals surface area contributed by atoms with E-state index < -0.39 is 10.0 Å². The number of nitrogens with zero attached hydrogens (tertiary/aromatic N) is 1. The summed E-state index contributed by atoms with van der Waals surface area (Å²) in [4.78, 5) is 12.8. The Kier molecular flexibility index (Phi) is 9.69. The Bertz CT molecular complexity index is 1160. The zero-order valence-corrected chi connectivity index (χ0v) is 21.0. The maximum Gasteiger partial charge on any atom is 0.255 e. The summed E-state index contributed by atoms with van der Waals surface area (Å²) in [7, 11) is -3.56. The topological polar surface area (TPSA) is 84.9 Å². The average molecular weight is 497 g/mol. The number of nitrogens with one attached hydrogen (secondary N) is 1. The average Bonchev–Trinajstić information content (AvgIpc) is 2.88. The molecule has 0 fully saturated rings. The third-order valence-corrected chi connectivity index (χ3v) is 7.09. The molecule has 0 saturated heterocycles. The lowest BCUT2D eigenvalue weighted by Gasteiger charge is -2.21. The van der Waals surface area contributed by atoms with Gasteiger partial charge in [0.15, 0.2) is 0 Å². The van der Waals surface area contributed by atoms with Gasteiger partial charge in [-0.15, -0.1) is 0 Å². The standard InChI is InChI=1S/C27H32N2O5S/c1-3-18-29(19-4-2)35(31,32)26-16-12-23(13-17-26)28-27(30)22-10-14-25(15-11-22)34-21-20-33-24-8-6-5-7-9-24/h5-17H,3-4,18-21H2,1-2H3,(H,28,30). The van der Waals surface area contributed by atoms with Crippen LogP contribution in [0.3, 0.4) is 0 Å². The molecule has 0 aromatic heterocycles. The molecule has 0 aliphatic carbocycles. The van der Waals surface area contributed by atoms with Crippen LogP contribution in [-0.2, 0) is 10.0 Å². The van der Waals surface area contributed by atoms with Crippen LogP contribution >= 0.6 is 0 Å². The van der Waals surface area contributed by atoms with Gasteiger partial charge in [-0.2, -0.15) is 4.31 Å². The van der Waals surface area contributed by atoms with Gasteiger partial charge in [0.05, 0.1) is 4.90 Å². The molecule has 3 rings (SSSR count). The van der Waals surface area contributed by atoms with Crippen LogP contribution in [0, 0.1) is 0 Å². The Morgan fingerprint density at radius 2 is 1.31 bits per heavy atom. The minimum Gasteiger partial charge on any atom is -0.490 e. The summed E-state index contributed by atoms with van der Waals surface area (Å²) in [6.45, 7) is 5.66. The highest BCUT2D eigenvalue weighted by Gasteiger charge is 2.22. The molecule has 1 amide bonds. The molecule has 0 unspecified atom stereocenters. The highest BCUT2D eigenvalue weighted by atomic mass is 32.2. The minimum atomic E-state index is -3.56. The number of amides is 1. The quantitative estimate of drug-likeness (QED) is 0.329. The van der Waals surface area contributed by atoms with Crippen LogP contribution in [0.15, 0.2) is 83.8 Å². The molecule has 0 heterocycles. The largest absolute Gasteiger partial charge is 0.490 e. The molecule has 8 heteroatoms. The lowest BCUT2D eigenvalue weighted by Crippen LogP contribution is -2.32. The zero-order valence-electron chi connectivity index (χ0n) is 20.1. The molecule has 35 heavy (non-hydrogen) atoms. The van der Waals surface area contributed by atoms with Gasteiger partial charge in [-0.1, -0.05) is 32.0 Å². The monoisotopic (exact) mass is 496 g/mol. The van der Waals surface area contributed by atoms with Crippen LogP contribution in [0.2, 0.25) is 0 Å². The summed E-state index contributed by atoms with van der Waals surface area (Å²) >= 11 is 0. The third-order valence-electron chi connectivity index (χ3n) is 5.18. The molecular formula is C27H32N2O5S. The van der Waals surface area contributed by atoms with Gasteiger partial charge in [0.25, 0.3) is 5.91 Å². The van der Waals surface area contributed by atoms with Crippen LogP contribution in [0.4, 0.5) is 5.69 Å². The van der Waals surface area contributed by atoms with E-state index >= 15 is 0 Å². The molecule has 186 valence electrons. The summed E-state index contributed by atoms with van der Waals surface area (Å²) in [6, 6.07) is 22.6. The molecule has 0 spiro atoms. The molecular weight excluding hydrogens is 464 g/mol. The van der Waals surface area contributed by atoms with E-state index in [1.165, 1.54) is 16.4 Å². The molecule has 1 N–H and O–H groups in total. The molecule has 0 aliphatic rings. The molecule has 3 aromatic rings. The first-order valence-corrected chi connectivity index (χ1v) is 13.2. The molecule has 0 radical (unpaired) electrons. The van der Waals surface area contributed by atoms with Crippen LogP contribution < -0.4 is 14.8 Å². The lowest BCUT2D eigenvalue weighted by molar-refractivity contribution is 0.102. The van der Waals surface area contributed by atoms with E-state index in [0.717, 1.165) is 18.6 Å². The number of ether oxygens (including phenoxy) is 2. The Morgan fingerprint density at radius 1 is 0.771 bits per heavy atom. The Labute approximate surface area is 207 Å². The summed E-state index contributed by atoms with van der Waals surface area (Å²) < 4.78 is 38.5. The number of anilines is 1. The maximum absolute atomic E-state index is 12.9. The first kappa shape index (κ1) is 26.2. The first-order chi connectivity index (χ1) is 16.9. The Hall–Kier alpha value is -3.36. The van der Waals surface area contributed by atoms with Gasteiger partial charge in [-0.05, 0) is 73.5 Å². The third kappa shape index (κ3) is 7.56. The van der Waals surface area contributed by atoms with Gasteiger partial charge in [0.1, 0.15) is 24.7 Å². The van der Waals surface area contributed by atoms with E-state index in [1.54, 1.807) is 36.4 Å². The van der Waals surface area contributed by atoms with Crippen molar-refractivity contribution >= 4 is 21.6 Å². The summed E-state index contributed by atoms with van der Waals surface area (Å²) in [5.74, 6) is 1.13. The van der Waals surface area contributed by atoms with Crippen LogP contribution in [-0.4, -0.2) is 44.9 Å². The molecule has 0 saturated carbocycles. The first-order valence-electron chi connectivity index (χ1n) is 11.8. The van der Waals surface area contributed by atoms with E-state index in [-0.39, 0.29) is 10.8 Å². The van der Waals surface area contributed by atoms with E-state index in [1.807, 2.05) is 44.2 Å². The van der Waals surface area contributed by atoms with Gasteiger partial charge in [0, 0.05) is 24.3 Å². The van der Waals surface area contributed by atoms with Crippen molar-refractivity contribution in [3.63, 3.8) is 0 Å². The van der Waals surface area contributed by atoms with E-state index in [9.17, 15) is 13.2 Å². The maximum atomic E-state index is 12.9. The van der Waals surface area contributed by atoms with E-state index in [0.29, 0.717) is 43.3 Å². The van der Waals surface area contributed by atoms with Gasteiger partial charge in [-0.25, -0.2) is 8.42 Å². The second-order valence-electron chi connectivity index (χ2n) is 7.92. The van der Waals surface area contributed by atoms with Gasteiger partial charge in [-0.3, -0.25) is 4.79 Å². The fraction of sp³-hybridized carbons (Fsp3) is 0.296. The molecule has 0 aliphatic heterocycles. The lowest BCUT2D eigenvalue weighted by atomic mass is 10.2. The van der Waals surface area contributed by atoms with Crippen molar-refractivity contribution in [2.75, 3.05) is 31.6 Å². The molecule has 0 atom stereocenters. The number of carbonyl (C=O) groups excluding carboxylic acids is 1. The number of carbonyl (C=O) groups is 1. The van der Waals surface area contributed by atoms with Gasteiger partial charge in [0.2, 0.25) is 10.0 Å².